The van der Waals surface area contributed by atoms with E-state index in [4.69, 9.17) is 0 Å². The molecular formula is C16H19N5O. The van der Waals surface area contributed by atoms with Gasteiger partial charge in [0.05, 0.1) is 23.8 Å². The molecule has 1 aliphatic rings. The van der Waals surface area contributed by atoms with Crippen LogP contribution < -0.4 is 10.2 Å². The van der Waals surface area contributed by atoms with Crippen LogP contribution in [0.2, 0.25) is 0 Å². The zero-order valence-corrected chi connectivity index (χ0v) is 12.6. The van der Waals surface area contributed by atoms with Gasteiger partial charge in [-0.2, -0.15) is 0 Å². The Hall–Kier alpha value is -2.50. The predicted octanol–water partition coefficient (Wildman–Crippen LogP) is 2.42. The normalized spacial score (nSPS) is 14.7. The Bertz CT molecular complexity index is 633. The van der Waals surface area contributed by atoms with Crippen molar-refractivity contribution in [3.05, 3.63) is 42.1 Å². The fraction of sp³-hybridized carbons (Fsp3) is 0.375. The molecule has 6 heteroatoms. The van der Waals surface area contributed by atoms with Gasteiger partial charge in [-0.15, -0.1) is 0 Å². The molecule has 2 aromatic rings. The minimum atomic E-state index is -0.278. The van der Waals surface area contributed by atoms with E-state index in [0.29, 0.717) is 11.4 Å². The number of carbonyl (C=O) groups excluding carboxylic acids is 1. The molecule has 1 N–H and O–H groups in total. The van der Waals surface area contributed by atoms with Crippen molar-refractivity contribution < 1.29 is 4.79 Å². The molecule has 3 rings (SSSR count). The molecule has 0 aromatic carbocycles. The summed E-state index contributed by atoms with van der Waals surface area (Å²) in [6, 6.07) is 3.82. The maximum Gasteiger partial charge on any atom is 0.275 e. The topological polar surface area (TPSA) is 71.0 Å². The molecule has 6 nitrogen and oxygen atoms in total. The maximum absolute atomic E-state index is 12.1. The smallest absolute Gasteiger partial charge is 0.275 e. The minimum absolute atomic E-state index is 0.278. The van der Waals surface area contributed by atoms with Crippen LogP contribution in [0.25, 0.3) is 0 Å². The lowest BCUT2D eigenvalue weighted by Gasteiger charge is -2.27. The summed E-state index contributed by atoms with van der Waals surface area (Å²) in [5, 5.41) is 2.79. The van der Waals surface area contributed by atoms with Crippen LogP contribution >= 0.6 is 0 Å². The van der Waals surface area contributed by atoms with Gasteiger partial charge in [-0.1, -0.05) is 0 Å². The van der Waals surface area contributed by atoms with Crippen LogP contribution in [0.5, 0.6) is 0 Å². The van der Waals surface area contributed by atoms with Crippen LogP contribution in [0.15, 0.2) is 30.7 Å². The summed E-state index contributed by atoms with van der Waals surface area (Å²) in [6.07, 6.45) is 8.46. The van der Waals surface area contributed by atoms with Gasteiger partial charge >= 0.3 is 0 Å². The first kappa shape index (κ1) is 14.4. The zero-order valence-electron chi connectivity index (χ0n) is 12.6. The Morgan fingerprint density at radius 2 is 1.86 bits per heavy atom. The molecule has 114 valence electrons. The molecule has 0 spiro atoms. The number of amides is 1. The van der Waals surface area contributed by atoms with E-state index >= 15 is 0 Å². The van der Waals surface area contributed by atoms with Gasteiger partial charge in [0, 0.05) is 19.3 Å². The number of piperidine rings is 1. The maximum atomic E-state index is 12.1. The summed E-state index contributed by atoms with van der Waals surface area (Å²) in [5.74, 6) is 0.688. The van der Waals surface area contributed by atoms with Gasteiger partial charge in [-0.25, -0.2) is 9.97 Å². The first-order valence-corrected chi connectivity index (χ1v) is 7.53. The minimum Gasteiger partial charge on any atom is -0.357 e. The summed E-state index contributed by atoms with van der Waals surface area (Å²) in [4.78, 5) is 26.9. The number of carbonyl (C=O) groups is 1. The van der Waals surface area contributed by atoms with Crippen LogP contribution in [0.3, 0.4) is 0 Å². The Balaban J connectivity index is 1.65. The van der Waals surface area contributed by atoms with Crippen molar-refractivity contribution in [3.8, 4) is 0 Å². The van der Waals surface area contributed by atoms with E-state index < -0.39 is 0 Å². The molecule has 22 heavy (non-hydrogen) atoms. The van der Waals surface area contributed by atoms with Crippen molar-refractivity contribution in [2.45, 2.75) is 26.2 Å². The second-order valence-electron chi connectivity index (χ2n) is 5.45. The number of anilines is 2. The number of aryl methyl sites for hydroxylation is 1. The number of nitrogens with zero attached hydrogens (tertiary/aromatic N) is 4. The van der Waals surface area contributed by atoms with Crippen molar-refractivity contribution in [3.63, 3.8) is 0 Å². The molecule has 1 amide bonds. The highest BCUT2D eigenvalue weighted by molar-refractivity contribution is 6.02. The molecule has 1 fully saturated rings. The first-order valence-electron chi connectivity index (χ1n) is 7.53. The molecule has 3 heterocycles. The number of aromatic nitrogens is 3. The zero-order chi connectivity index (χ0) is 15.4. The van der Waals surface area contributed by atoms with Crippen molar-refractivity contribution in [2.75, 3.05) is 23.3 Å². The predicted molar refractivity (Wildman–Crippen MR) is 85.0 cm³/mol. The molecule has 0 radical (unpaired) electrons. The van der Waals surface area contributed by atoms with Crippen LogP contribution in [-0.2, 0) is 0 Å². The number of pyridine rings is 1. The molecule has 1 saturated heterocycles. The summed E-state index contributed by atoms with van der Waals surface area (Å²) < 4.78 is 0. The summed E-state index contributed by atoms with van der Waals surface area (Å²) in [5.41, 5.74) is 1.74. The van der Waals surface area contributed by atoms with E-state index in [2.05, 4.69) is 25.2 Å². The van der Waals surface area contributed by atoms with E-state index in [1.165, 1.54) is 25.5 Å². The van der Waals surface area contributed by atoms with E-state index in [0.717, 1.165) is 24.6 Å². The third kappa shape index (κ3) is 3.39. The van der Waals surface area contributed by atoms with Gasteiger partial charge in [0.15, 0.2) is 0 Å². The van der Waals surface area contributed by atoms with Crippen LogP contribution in [0.1, 0.15) is 35.4 Å². The van der Waals surface area contributed by atoms with Crippen molar-refractivity contribution in [1.82, 2.24) is 15.0 Å². The van der Waals surface area contributed by atoms with Gasteiger partial charge in [0.25, 0.3) is 5.91 Å². The summed E-state index contributed by atoms with van der Waals surface area (Å²) in [6.45, 7) is 3.94. The van der Waals surface area contributed by atoms with Crippen molar-refractivity contribution in [2.24, 2.45) is 0 Å². The van der Waals surface area contributed by atoms with Gasteiger partial charge in [0.2, 0.25) is 0 Å². The van der Waals surface area contributed by atoms with Gasteiger partial charge in [0.1, 0.15) is 11.5 Å². The SMILES string of the molecule is Cc1cnc(C(=O)Nc2ccc(N3CCCCC3)nc2)cn1. The average Bonchev–Trinajstić information content (AvgIpc) is 2.57. The molecule has 0 unspecified atom stereocenters. The lowest BCUT2D eigenvalue weighted by atomic mass is 10.1. The van der Waals surface area contributed by atoms with E-state index in [1.54, 1.807) is 12.4 Å². The molecule has 0 aliphatic carbocycles. The molecule has 0 atom stereocenters. The molecule has 2 aromatic heterocycles. The fourth-order valence-electron chi connectivity index (χ4n) is 2.48. The second-order valence-corrected chi connectivity index (χ2v) is 5.45. The number of hydrogen-bond acceptors (Lipinski definition) is 5. The highest BCUT2D eigenvalue weighted by Crippen LogP contribution is 2.19. The number of hydrogen-bond donors (Lipinski definition) is 1. The van der Waals surface area contributed by atoms with Crippen LogP contribution in [0, 0.1) is 6.92 Å². The van der Waals surface area contributed by atoms with Crippen molar-refractivity contribution >= 4 is 17.4 Å². The third-order valence-electron chi connectivity index (χ3n) is 3.70. The molecule has 0 bridgehead atoms. The number of nitrogens with one attached hydrogen (secondary N) is 1. The molecule has 1 aliphatic heterocycles. The van der Waals surface area contributed by atoms with E-state index in [1.807, 2.05) is 19.1 Å². The van der Waals surface area contributed by atoms with Crippen LogP contribution in [0.4, 0.5) is 11.5 Å². The molecular weight excluding hydrogens is 278 g/mol. The lowest BCUT2D eigenvalue weighted by molar-refractivity contribution is 0.102. The summed E-state index contributed by atoms with van der Waals surface area (Å²) in [7, 11) is 0. The third-order valence-corrected chi connectivity index (χ3v) is 3.70. The van der Waals surface area contributed by atoms with Crippen molar-refractivity contribution in [1.29, 1.82) is 0 Å². The van der Waals surface area contributed by atoms with Gasteiger partial charge in [-0.3, -0.25) is 9.78 Å². The van der Waals surface area contributed by atoms with Gasteiger partial charge in [-0.05, 0) is 38.3 Å². The highest BCUT2D eigenvalue weighted by Gasteiger charge is 2.12. The Labute approximate surface area is 129 Å². The van der Waals surface area contributed by atoms with E-state index in [9.17, 15) is 4.79 Å². The standard InChI is InChI=1S/C16H19N5O/c1-12-9-18-14(11-17-12)16(22)20-13-5-6-15(19-10-13)21-7-3-2-4-8-21/h5-6,9-11H,2-4,7-8H2,1H3,(H,20,22). The largest absolute Gasteiger partial charge is 0.357 e. The lowest BCUT2D eigenvalue weighted by Crippen LogP contribution is -2.30. The first-order chi connectivity index (χ1) is 10.7. The second kappa shape index (κ2) is 6.51. The Morgan fingerprint density at radius 3 is 2.50 bits per heavy atom. The Kier molecular flexibility index (Phi) is 4.27. The quantitative estimate of drug-likeness (QED) is 0.942. The number of rotatable bonds is 3. The monoisotopic (exact) mass is 297 g/mol. The Morgan fingerprint density at radius 1 is 1.05 bits per heavy atom. The molecule has 0 saturated carbocycles. The average molecular weight is 297 g/mol. The van der Waals surface area contributed by atoms with Crippen LogP contribution in [-0.4, -0.2) is 33.9 Å². The van der Waals surface area contributed by atoms with E-state index in [-0.39, 0.29) is 5.91 Å². The highest BCUT2D eigenvalue weighted by atomic mass is 16.1. The summed E-state index contributed by atoms with van der Waals surface area (Å²) >= 11 is 0. The fourth-order valence-corrected chi connectivity index (χ4v) is 2.48. The van der Waals surface area contributed by atoms with Gasteiger partial charge < -0.3 is 10.2 Å².